The molecule has 2 amide bonds. The van der Waals surface area contributed by atoms with Crippen molar-refractivity contribution in [2.24, 2.45) is 0 Å². The summed E-state index contributed by atoms with van der Waals surface area (Å²) >= 11 is 0. The van der Waals surface area contributed by atoms with Crippen LogP contribution < -0.4 is 10.6 Å². The highest BCUT2D eigenvalue weighted by Crippen LogP contribution is 2.12. The summed E-state index contributed by atoms with van der Waals surface area (Å²) in [5, 5.41) is 5.49. The maximum atomic E-state index is 12.6. The van der Waals surface area contributed by atoms with Gasteiger partial charge >= 0.3 is 5.97 Å². The third-order valence-corrected chi connectivity index (χ3v) is 8.25. The van der Waals surface area contributed by atoms with Crippen LogP contribution >= 0.6 is 0 Å². The molecular weight excluding hydrogens is 526 g/mol. The number of hydrogen-bond acceptors (Lipinski definition) is 5. The molecule has 0 radical (unpaired) electrons. The molecule has 0 spiro atoms. The van der Waals surface area contributed by atoms with E-state index in [2.05, 4.69) is 29.4 Å². The molecule has 0 aromatic heterocycles. The highest BCUT2D eigenvalue weighted by Gasteiger charge is 2.35. The normalized spacial score (nSPS) is 16.8. The molecule has 1 aliphatic rings. The molecular formula is C35H59N3O4. The van der Waals surface area contributed by atoms with Crippen LogP contribution in [0.4, 0.5) is 0 Å². The second kappa shape index (κ2) is 23.1. The first kappa shape index (κ1) is 35.8. The van der Waals surface area contributed by atoms with Crippen molar-refractivity contribution >= 4 is 17.8 Å². The molecule has 1 aromatic carbocycles. The number of benzene rings is 1. The Balaban J connectivity index is 1.68. The molecule has 1 aliphatic heterocycles. The van der Waals surface area contributed by atoms with Crippen molar-refractivity contribution in [3.63, 3.8) is 0 Å². The Hall–Kier alpha value is -2.41. The van der Waals surface area contributed by atoms with Gasteiger partial charge in [0.25, 0.3) is 0 Å². The summed E-state index contributed by atoms with van der Waals surface area (Å²) in [6, 6.07) is 8.06. The fourth-order valence-corrected chi connectivity index (χ4v) is 5.60. The molecule has 2 atom stereocenters. The van der Waals surface area contributed by atoms with Gasteiger partial charge < -0.3 is 15.4 Å². The molecule has 1 saturated heterocycles. The number of amides is 2. The lowest BCUT2D eigenvalue weighted by Crippen LogP contribution is -2.62. The van der Waals surface area contributed by atoms with E-state index in [9.17, 15) is 14.4 Å². The Morgan fingerprint density at radius 3 is 1.69 bits per heavy atom. The average Bonchev–Trinajstić information content (AvgIpc) is 2.98. The van der Waals surface area contributed by atoms with E-state index in [1.807, 2.05) is 30.3 Å². The van der Waals surface area contributed by atoms with Gasteiger partial charge in [-0.3, -0.25) is 19.3 Å². The topological polar surface area (TPSA) is 87.7 Å². The first-order valence-electron chi connectivity index (χ1n) is 17.1. The molecule has 0 bridgehead atoms. The number of hydrogen-bond donors (Lipinski definition) is 2. The lowest BCUT2D eigenvalue weighted by Gasteiger charge is -2.29. The van der Waals surface area contributed by atoms with Crippen molar-refractivity contribution in [3.05, 3.63) is 35.9 Å². The smallest absolute Gasteiger partial charge is 0.308 e. The van der Waals surface area contributed by atoms with Crippen molar-refractivity contribution < 1.29 is 19.1 Å². The molecule has 7 heteroatoms. The molecule has 0 saturated carbocycles. The number of unbranched alkanes of at least 4 members (excludes halogenated alkanes) is 14. The van der Waals surface area contributed by atoms with E-state index in [1.54, 1.807) is 0 Å². The van der Waals surface area contributed by atoms with Crippen LogP contribution in [0.15, 0.2) is 30.3 Å². The van der Waals surface area contributed by atoms with Gasteiger partial charge in [0.2, 0.25) is 11.8 Å². The molecule has 1 heterocycles. The molecule has 1 aromatic rings. The monoisotopic (exact) mass is 585 g/mol. The van der Waals surface area contributed by atoms with Crippen molar-refractivity contribution in [2.45, 2.75) is 142 Å². The fourth-order valence-electron chi connectivity index (χ4n) is 5.60. The van der Waals surface area contributed by atoms with Gasteiger partial charge in [-0.1, -0.05) is 134 Å². The van der Waals surface area contributed by atoms with Gasteiger partial charge in [0.1, 0.15) is 18.7 Å². The van der Waals surface area contributed by atoms with E-state index in [-0.39, 0.29) is 18.2 Å². The Bertz CT molecular complexity index is 843. The fraction of sp³-hybridized carbons (Fsp3) is 0.743. The Morgan fingerprint density at radius 1 is 0.667 bits per heavy atom. The Morgan fingerprint density at radius 2 is 1.14 bits per heavy atom. The summed E-state index contributed by atoms with van der Waals surface area (Å²) in [4.78, 5) is 40.2. The standard InChI is InChI=1S/C35H59N3O4/c1-3-5-7-9-11-13-15-20-24-38(25-21-16-14-12-10-8-6-4-2)26-27-42-33(39)29-32-35(41)36-31(34(40)37-32)28-30-22-18-17-19-23-30/h17-19,22-23,31-32H,3-16,20-21,24-29H2,1-2H3,(H,36,41)(H,37,40)/t31-,32-/m0/s1. The van der Waals surface area contributed by atoms with Crippen molar-refractivity contribution in [1.29, 1.82) is 0 Å². The van der Waals surface area contributed by atoms with E-state index in [0.717, 1.165) is 18.7 Å². The van der Waals surface area contributed by atoms with Crippen LogP contribution in [0.5, 0.6) is 0 Å². The first-order chi connectivity index (χ1) is 20.5. The minimum atomic E-state index is -0.886. The van der Waals surface area contributed by atoms with Gasteiger partial charge in [-0.15, -0.1) is 0 Å². The third-order valence-electron chi connectivity index (χ3n) is 8.25. The molecule has 0 aliphatic carbocycles. The van der Waals surface area contributed by atoms with E-state index < -0.39 is 18.1 Å². The third kappa shape index (κ3) is 16.3. The SMILES string of the molecule is CCCCCCCCCCN(CCCCCCCCCC)CCOC(=O)C[C@@H]1NC(=O)[C@H](Cc2ccccc2)NC1=O. The summed E-state index contributed by atoms with van der Waals surface area (Å²) in [6.07, 6.45) is 21.0. The second-order valence-corrected chi connectivity index (χ2v) is 12.0. The Labute approximate surface area is 255 Å². The zero-order valence-electron chi connectivity index (χ0n) is 26.7. The van der Waals surface area contributed by atoms with Crippen LogP contribution in [0, 0.1) is 0 Å². The maximum Gasteiger partial charge on any atom is 0.308 e. The molecule has 1 fully saturated rings. The predicted molar refractivity (Wildman–Crippen MR) is 171 cm³/mol. The summed E-state index contributed by atoms with van der Waals surface area (Å²) in [7, 11) is 0. The van der Waals surface area contributed by atoms with Gasteiger partial charge in [0.05, 0.1) is 6.42 Å². The maximum absolute atomic E-state index is 12.6. The number of rotatable bonds is 25. The van der Waals surface area contributed by atoms with Crippen molar-refractivity contribution in [3.8, 4) is 0 Å². The minimum absolute atomic E-state index is 0.147. The molecule has 42 heavy (non-hydrogen) atoms. The van der Waals surface area contributed by atoms with Crippen LogP contribution in [0.25, 0.3) is 0 Å². The first-order valence-corrected chi connectivity index (χ1v) is 17.1. The highest BCUT2D eigenvalue weighted by molar-refractivity contribution is 5.98. The number of esters is 1. The van der Waals surface area contributed by atoms with Crippen LogP contribution in [0.2, 0.25) is 0 Å². The van der Waals surface area contributed by atoms with Gasteiger partial charge in [-0.05, 0) is 31.5 Å². The largest absolute Gasteiger partial charge is 0.464 e. The number of piperazine rings is 1. The quantitative estimate of drug-likeness (QED) is 0.0982. The van der Waals surface area contributed by atoms with Gasteiger partial charge in [0.15, 0.2) is 0 Å². The predicted octanol–water partition coefficient (Wildman–Crippen LogP) is 6.73. The van der Waals surface area contributed by atoms with Gasteiger partial charge in [-0.25, -0.2) is 0 Å². The summed E-state index contributed by atoms with van der Waals surface area (Å²) in [5.41, 5.74) is 0.972. The minimum Gasteiger partial charge on any atom is -0.464 e. The molecule has 2 N–H and O–H groups in total. The molecule has 238 valence electrons. The van der Waals surface area contributed by atoms with Crippen LogP contribution in [-0.2, 0) is 25.5 Å². The average molecular weight is 586 g/mol. The molecule has 7 nitrogen and oxygen atoms in total. The van der Waals surface area contributed by atoms with E-state index >= 15 is 0 Å². The van der Waals surface area contributed by atoms with Crippen molar-refractivity contribution in [2.75, 3.05) is 26.2 Å². The van der Waals surface area contributed by atoms with E-state index in [0.29, 0.717) is 19.6 Å². The van der Waals surface area contributed by atoms with Crippen LogP contribution in [-0.4, -0.2) is 61.0 Å². The summed E-state index contributed by atoms with van der Waals surface area (Å²) in [5.74, 6) is -1.05. The summed E-state index contributed by atoms with van der Waals surface area (Å²) < 4.78 is 5.53. The van der Waals surface area contributed by atoms with Gasteiger partial charge in [-0.2, -0.15) is 0 Å². The number of ether oxygens (including phenoxy) is 1. The lowest BCUT2D eigenvalue weighted by atomic mass is 10.0. The summed E-state index contributed by atoms with van der Waals surface area (Å²) in [6.45, 7) is 7.60. The number of carbonyl (C=O) groups is 3. The molecule has 0 unspecified atom stereocenters. The van der Waals surface area contributed by atoms with E-state index in [1.165, 1.54) is 103 Å². The Kier molecular flexibility index (Phi) is 19.7. The lowest BCUT2D eigenvalue weighted by molar-refractivity contribution is -0.148. The zero-order chi connectivity index (χ0) is 30.3. The zero-order valence-corrected chi connectivity index (χ0v) is 26.7. The number of nitrogens with zero attached hydrogens (tertiary/aromatic N) is 1. The van der Waals surface area contributed by atoms with Crippen molar-refractivity contribution in [1.82, 2.24) is 15.5 Å². The number of carbonyl (C=O) groups excluding carboxylic acids is 3. The van der Waals surface area contributed by atoms with Gasteiger partial charge in [0, 0.05) is 13.0 Å². The van der Waals surface area contributed by atoms with Crippen LogP contribution in [0.3, 0.4) is 0 Å². The second-order valence-electron chi connectivity index (χ2n) is 12.0. The number of nitrogens with one attached hydrogen (secondary N) is 2. The molecule has 2 rings (SSSR count). The van der Waals surface area contributed by atoms with E-state index in [4.69, 9.17) is 4.74 Å². The highest BCUT2D eigenvalue weighted by atomic mass is 16.5. The van der Waals surface area contributed by atoms with Crippen LogP contribution in [0.1, 0.15) is 129 Å².